The predicted octanol–water partition coefficient (Wildman–Crippen LogP) is 1.93. The van der Waals surface area contributed by atoms with Gasteiger partial charge >= 0.3 is 11.8 Å². The highest BCUT2D eigenvalue weighted by atomic mass is 19.1. The van der Waals surface area contributed by atoms with E-state index in [9.17, 15) is 14.0 Å². The van der Waals surface area contributed by atoms with Gasteiger partial charge in [0.25, 0.3) is 0 Å². The molecule has 25 heavy (non-hydrogen) atoms. The van der Waals surface area contributed by atoms with E-state index in [2.05, 4.69) is 15.8 Å². The van der Waals surface area contributed by atoms with E-state index in [4.69, 9.17) is 9.47 Å². The maximum Gasteiger partial charge on any atom is 0.329 e. The number of halogens is 1. The Bertz CT molecular complexity index is 808. The summed E-state index contributed by atoms with van der Waals surface area (Å²) >= 11 is 0. The third kappa shape index (κ3) is 4.77. The molecule has 0 aliphatic heterocycles. The molecule has 0 atom stereocenters. The van der Waals surface area contributed by atoms with E-state index in [0.717, 1.165) is 0 Å². The highest BCUT2D eigenvalue weighted by Gasteiger charge is 2.14. The number of para-hydroxylation sites is 1. The number of amides is 2. The third-order valence-electron chi connectivity index (χ3n) is 3.12. The number of benzene rings is 2. The van der Waals surface area contributed by atoms with Gasteiger partial charge in [-0.1, -0.05) is 12.1 Å². The zero-order valence-electron chi connectivity index (χ0n) is 13.6. The van der Waals surface area contributed by atoms with Gasteiger partial charge in [0.1, 0.15) is 5.82 Å². The molecule has 0 heterocycles. The second kappa shape index (κ2) is 8.44. The van der Waals surface area contributed by atoms with Crippen molar-refractivity contribution in [2.24, 2.45) is 5.10 Å². The number of ether oxygens (including phenoxy) is 2. The molecule has 2 amide bonds. The van der Waals surface area contributed by atoms with E-state index >= 15 is 0 Å². The van der Waals surface area contributed by atoms with E-state index in [-0.39, 0.29) is 5.69 Å². The first kappa shape index (κ1) is 17.9. The Morgan fingerprint density at radius 2 is 1.76 bits per heavy atom. The summed E-state index contributed by atoms with van der Waals surface area (Å²) < 4.78 is 23.7. The maximum atomic E-state index is 13.4. The first-order chi connectivity index (χ1) is 12.0. The molecule has 0 bridgehead atoms. The summed E-state index contributed by atoms with van der Waals surface area (Å²) in [6.07, 6.45) is 1.33. The smallest absolute Gasteiger partial charge is 0.329 e. The van der Waals surface area contributed by atoms with Crippen molar-refractivity contribution in [3.05, 3.63) is 53.8 Å². The largest absolute Gasteiger partial charge is 0.493 e. The van der Waals surface area contributed by atoms with Crippen molar-refractivity contribution in [1.29, 1.82) is 0 Å². The normalized spacial score (nSPS) is 10.4. The summed E-state index contributed by atoms with van der Waals surface area (Å²) in [5.74, 6) is -1.66. The summed E-state index contributed by atoms with van der Waals surface area (Å²) in [7, 11) is 3.01. The van der Waals surface area contributed by atoms with Crippen LogP contribution in [0, 0.1) is 5.82 Å². The molecule has 130 valence electrons. The van der Waals surface area contributed by atoms with Gasteiger partial charge in [-0.2, -0.15) is 5.10 Å². The summed E-state index contributed by atoms with van der Waals surface area (Å²) in [6.45, 7) is 0. The summed E-state index contributed by atoms with van der Waals surface area (Å²) in [5, 5.41) is 5.84. The van der Waals surface area contributed by atoms with Crippen LogP contribution in [-0.2, 0) is 9.59 Å². The molecule has 8 heteroatoms. The molecule has 0 spiro atoms. The van der Waals surface area contributed by atoms with Crippen molar-refractivity contribution >= 4 is 23.7 Å². The summed E-state index contributed by atoms with van der Waals surface area (Å²) in [5.41, 5.74) is 2.59. The van der Waals surface area contributed by atoms with Crippen molar-refractivity contribution in [1.82, 2.24) is 5.43 Å². The van der Waals surface area contributed by atoms with Gasteiger partial charge in [-0.15, -0.1) is 0 Å². The lowest BCUT2D eigenvalue weighted by atomic mass is 10.2. The van der Waals surface area contributed by atoms with Crippen LogP contribution >= 0.6 is 0 Å². The Morgan fingerprint density at radius 1 is 1.04 bits per heavy atom. The number of rotatable bonds is 5. The number of hydrogen-bond acceptors (Lipinski definition) is 5. The molecule has 2 rings (SSSR count). The number of nitrogens with zero attached hydrogens (tertiary/aromatic N) is 1. The molecular weight excluding hydrogens is 329 g/mol. The number of carbonyl (C=O) groups is 2. The molecule has 0 unspecified atom stereocenters. The quantitative estimate of drug-likeness (QED) is 0.492. The SMILES string of the molecule is COc1ccc(/C=N/NC(=O)C(=O)Nc2ccccc2F)cc1OC. The Kier molecular flexibility index (Phi) is 6.05. The number of nitrogens with one attached hydrogen (secondary N) is 2. The van der Waals surface area contributed by atoms with Gasteiger partial charge in [0.15, 0.2) is 11.5 Å². The number of methoxy groups -OCH3 is 2. The van der Waals surface area contributed by atoms with Crippen molar-refractivity contribution in [3.63, 3.8) is 0 Å². The third-order valence-corrected chi connectivity index (χ3v) is 3.12. The monoisotopic (exact) mass is 345 g/mol. The fraction of sp³-hybridized carbons (Fsp3) is 0.118. The topological polar surface area (TPSA) is 89.0 Å². The van der Waals surface area contributed by atoms with Crippen LogP contribution in [0.2, 0.25) is 0 Å². The maximum absolute atomic E-state index is 13.4. The van der Waals surface area contributed by atoms with E-state index in [1.807, 2.05) is 0 Å². The van der Waals surface area contributed by atoms with Gasteiger partial charge in [-0.3, -0.25) is 9.59 Å². The fourth-order valence-corrected chi connectivity index (χ4v) is 1.89. The van der Waals surface area contributed by atoms with Gasteiger partial charge in [0, 0.05) is 0 Å². The van der Waals surface area contributed by atoms with Crippen molar-refractivity contribution < 1.29 is 23.5 Å². The number of hydrazone groups is 1. The van der Waals surface area contributed by atoms with Crippen molar-refractivity contribution in [2.75, 3.05) is 19.5 Å². The zero-order valence-corrected chi connectivity index (χ0v) is 13.6. The van der Waals surface area contributed by atoms with Crippen molar-refractivity contribution in [3.8, 4) is 11.5 Å². The average molecular weight is 345 g/mol. The molecule has 2 N–H and O–H groups in total. The minimum absolute atomic E-state index is 0.0912. The van der Waals surface area contributed by atoms with Gasteiger partial charge in [0.05, 0.1) is 26.1 Å². The standard InChI is InChI=1S/C17H16FN3O4/c1-24-14-8-7-11(9-15(14)25-2)10-19-21-17(23)16(22)20-13-6-4-3-5-12(13)18/h3-10H,1-2H3,(H,20,22)(H,21,23)/b19-10+. The molecule has 2 aromatic rings. The minimum Gasteiger partial charge on any atom is -0.493 e. The van der Waals surface area contributed by atoms with Crippen LogP contribution in [0.4, 0.5) is 10.1 Å². The molecule has 0 fully saturated rings. The van der Waals surface area contributed by atoms with Gasteiger partial charge < -0.3 is 14.8 Å². The van der Waals surface area contributed by atoms with E-state index in [0.29, 0.717) is 17.1 Å². The van der Waals surface area contributed by atoms with Gasteiger partial charge in [-0.05, 0) is 35.9 Å². The van der Waals surface area contributed by atoms with Crippen molar-refractivity contribution in [2.45, 2.75) is 0 Å². The first-order valence-electron chi connectivity index (χ1n) is 7.16. The van der Waals surface area contributed by atoms with Crippen LogP contribution in [0.5, 0.6) is 11.5 Å². The zero-order chi connectivity index (χ0) is 18.2. The van der Waals surface area contributed by atoms with Crippen LogP contribution in [0.1, 0.15) is 5.56 Å². The molecule has 0 aliphatic rings. The lowest BCUT2D eigenvalue weighted by molar-refractivity contribution is -0.136. The van der Waals surface area contributed by atoms with E-state index in [1.54, 1.807) is 18.2 Å². The van der Waals surface area contributed by atoms with Crippen LogP contribution in [0.3, 0.4) is 0 Å². The Morgan fingerprint density at radius 3 is 2.44 bits per heavy atom. The van der Waals surface area contributed by atoms with E-state index in [1.165, 1.54) is 44.7 Å². The predicted molar refractivity (Wildman–Crippen MR) is 90.3 cm³/mol. The number of anilines is 1. The molecule has 0 saturated carbocycles. The Balaban J connectivity index is 1.96. The van der Waals surface area contributed by atoms with Crippen LogP contribution < -0.4 is 20.2 Å². The fourth-order valence-electron chi connectivity index (χ4n) is 1.89. The minimum atomic E-state index is -1.03. The molecule has 0 aromatic heterocycles. The van der Waals surface area contributed by atoms with Crippen LogP contribution in [-0.4, -0.2) is 32.2 Å². The highest BCUT2D eigenvalue weighted by Crippen LogP contribution is 2.26. The average Bonchev–Trinajstić information content (AvgIpc) is 2.63. The molecule has 0 aliphatic carbocycles. The molecule has 7 nitrogen and oxygen atoms in total. The number of hydrogen-bond donors (Lipinski definition) is 2. The second-order valence-electron chi connectivity index (χ2n) is 4.75. The number of carbonyl (C=O) groups excluding carboxylic acids is 2. The Labute approximate surface area is 143 Å². The van der Waals surface area contributed by atoms with Crippen LogP contribution in [0.25, 0.3) is 0 Å². The van der Waals surface area contributed by atoms with Crippen LogP contribution in [0.15, 0.2) is 47.6 Å². The molecule has 0 radical (unpaired) electrons. The molecule has 0 saturated heterocycles. The first-order valence-corrected chi connectivity index (χ1v) is 7.16. The lowest BCUT2D eigenvalue weighted by Gasteiger charge is -2.07. The van der Waals surface area contributed by atoms with Gasteiger partial charge in [0.2, 0.25) is 0 Å². The lowest BCUT2D eigenvalue weighted by Crippen LogP contribution is -2.32. The second-order valence-corrected chi connectivity index (χ2v) is 4.75. The van der Waals surface area contributed by atoms with E-state index < -0.39 is 17.6 Å². The van der Waals surface area contributed by atoms with Gasteiger partial charge in [-0.25, -0.2) is 9.82 Å². The summed E-state index contributed by atoms with van der Waals surface area (Å²) in [4.78, 5) is 23.4. The molecule has 2 aromatic carbocycles. The highest BCUT2D eigenvalue weighted by molar-refractivity contribution is 6.39. The summed E-state index contributed by atoms with van der Waals surface area (Å²) in [6, 6.07) is 10.5. The molecular formula is C17H16FN3O4. The Hall–Kier alpha value is -3.42.